The van der Waals surface area contributed by atoms with Gasteiger partial charge in [0.15, 0.2) is 5.78 Å². The molecule has 0 amide bonds. The van der Waals surface area contributed by atoms with E-state index >= 15 is 0 Å². The van der Waals surface area contributed by atoms with Gasteiger partial charge >= 0.3 is 0 Å². The number of ketones is 1. The van der Waals surface area contributed by atoms with E-state index in [1.807, 2.05) is 17.5 Å². The molecule has 0 aliphatic heterocycles. The maximum atomic E-state index is 13.2. The fourth-order valence-electron chi connectivity index (χ4n) is 2.36. The molecular weight excluding hydrogens is 289 g/mol. The third-order valence-corrected chi connectivity index (χ3v) is 4.47. The number of hydrogen-bond donors (Lipinski definition) is 1. The third-order valence-electron chi connectivity index (χ3n) is 3.61. The Labute approximate surface area is 126 Å². The summed E-state index contributed by atoms with van der Waals surface area (Å²) in [7, 11) is 0. The van der Waals surface area contributed by atoms with Crippen LogP contribution in [-0.4, -0.2) is 28.4 Å². The highest BCUT2D eigenvalue weighted by Crippen LogP contribution is 2.30. The molecule has 3 nitrogen and oxygen atoms in total. The van der Waals surface area contributed by atoms with Gasteiger partial charge in [-0.3, -0.25) is 9.69 Å². The van der Waals surface area contributed by atoms with E-state index in [2.05, 4.69) is 4.90 Å². The molecule has 1 N–H and O–H groups in total. The van der Waals surface area contributed by atoms with Gasteiger partial charge < -0.3 is 5.11 Å². The first-order chi connectivity index (χ1) is 10.1. The summed E-state index contributed by atoms with van der Waals surface area (Å²) in [5.41, 5.74) is 0.0619. The second-order valence-electron chi connectivity index (χ2n) is 5.30. The molecule has 0 radical (unpaired) electrons. The first kappa shape index (κ1) is 14.2. The van der Waals surface area contributed by atoms with Crippen LogP contribution in [0, 0.1) is 5.82 Å². The van der Waals surface area contributed by atoms with Crippen molar-refractivity contribution in [1.29, 1.82) is 0 Å². The third kappa shape index (κ3) is 3.49. The van der Waals surface area contributed by atoms with Crippen molar-refractivity contribution in [3.8, 4) is 5.75 Å². The van der Waals surface area contributed by atoms with Gasteiger partial charge in [-0.1, -0.05) is 6.07 Å². The highest BCUT2D eigenvalue weighted by molar-refractivity contribution is 7.09. The number of carbonyl (C=O) groups excluding carboxylic acids is 1. The zero-order valence-electron chi connectivity index (χ0n) is 11.5. The first-order valence-corrected chi connectivity index (χ1v) is 7.79. The summed E-state index contributed by atoms with van der Waals surface area (Å²) in [5.74, 6) is -0.906. The number of thiophene rings is 1. The number of phenols is 1. The van der Waals surface area contributed by atoms with Crippen molar-refractivity contribution in [1.82, 2.24) is 4.90 Å². The van der Waals surface area contributed by atoms with E-state index in [9.17, 15) is 14.3 Å². The number of aromatic hydroxyl groups is 1. The lowest BCUT2D eigenvalue weighted by molar-refractivity contribution is 0.0917. The summed E-state index contributed by atoms with van der Waals surface area (Å²) in [6.45, 7) is 0.934. The molecule has 0 bridgehead atoms. The molecule has 1 saturated carbocycles. The summed E-state index contributed by atoms with van der Waals surface area (Å²) in [6, 6.07) is 7.94. The van der Waals surface area contributed by atoms with Crippen molar-refractivity contribution in [2.75, 3.05) is 6.54 Å². The number of benzene rings is 1. The van der Waals surface area contributed by atoms with Crippen LogP contribution in [0.1, 0.15) is 28.1 Å². The predicted molar refractivity (Wildman–Crippen MR) is 80.1 cm³/mol. The Hall–Kier alpha value is -1.72. The standard InChI is InChI=1S/C16H16FNO2S/c17-11-3-6-15(19)14(8-11)16(20)10-18(12-4-5-12)9-13-2-1-7-21-13/h1-3,6-8,12,19H,4-5,9-10H2. The largest absolute Gasteiger partial charge is 0.507 e. The van der Waals surface area contributed by atoms with Crippen molar-refractivity contribution in [3.63, 3.8) is 0 Å². The Kier molecular flexibility index (Phi) is 4.03. The number of carbonyl (C=O) groups is 1. The van der Waals surface area contributed by atoms with Gasteiger partial charge in [0, 0.05) is 17.5 Å². The predicted octanol–water partition coefficient (Wildman–Crippen LogP) is 3.44. The summed E-state index contributed by atoms with van der Waals surface area (Å²) in [6.07, 6.45) is 2.18. The summed E-state index contributed by atoms with van der Waals surface area (Å²) >= 11 is 1.66. The zero-order chi connectivity index (χ0) is 14.8. The number of Topliss-reactive ketones (excluding diaryl/α,β-unsaturated/α-hetero) is 1. The summed E-state index contributed by atoms with van der Waals surface area (Å²) < 4.78 is 13.2. The van der Waals surface area contributed by atoms with Crippen molar-refractivity contribution < 1.29 is 14.3 Å². The van der Waals surface area contributed by atoms with Crippen LogP contribution < -0.4 is 0 Å². The molecule has 2 aromatic rings. The molecule has 1 aromatic carbocycles. The van der Waals surface area contributed by atoms with Gasteiger partial charge in [0.05, 0.1) is 12.1 Å². The number of halogens is 1. The van der Waals surface area contributed by atoms with Crippen molar-refractivity contribution in [2.45, 2.75) is 25.4 Å². The Morgan fingerprint density at radius 3 is 2.86 bits per heavy atom. The molecule has 1 aromatic heterocycles. The molecule has 1 fully saturated rings. The monoisotopic (exact) mass is 305 g/mol. The second-order valence-corrected chi connectivity index (χ2v) is 6.33. The molecular formula is C16H16FNO2S. The minimum Gasteiger partial charge on any atom is -0.507 e. The van der Waals surface area contributed by atoms with E-state index in [4.69, 9.17) is 0 Å². The Morgan fingerprint density at radius 1 is 1.38 bits per heavy atom. The number of phenolic OH excluding ortho intramolecular Hbond substituents is 1. The Bertz CT molecular complexity index is 638. The van der Waals surface area contributed by atoms with Gasteiger partial charge in [-0.05, 0) is 42.5 Å². The van der Waals surface area contributed by atoms with Crippen molar-refractivity contribution >= 4 is 17.1 Å². The van der Waals surface area contributed by atoms with Crippen LogP contribution in [0.2, 0.25) is 0 Å². The summed E-state index contributed by atoms with van der Waals surface area (Å²) in [4.78, 5) is 15.6. The molecule has 1 heterocycles. The number of rotatable bonds is 6. The average molecular weight is 305 g/mol. The second kappa shape index (κ2) is 5.95. The van der Waals surface area contributed by atoms with E-state index < -0.39 is 5.82 Å². The van der Waals surface area contributed by atoms with Crippen LogP contribution in [0.25, 0.3) is 0 Å². The minimum atomic E-state index is -0.507. The van der Waals surface area contributed by atoms with Gasteiger partial charge in [-0.2, -0.15) is 0 Å². The SMILES string of the molecule is O=C(CN(Cc1cccs1)C1CC1)c1cc(F)ccc1O. The van der Waals surface area contributed by atoms with Crippen LogP contribution in [0.5, 0.6) is 5.75 Å². The molecule has 21 heavy (non-hydrogen) atoms. The van der Waals surface area contributed by atoms with Gasteiger partial charge in [-0.15, -0.1) is 11.3 Å². The molecule has 3 rings (SSSR count). The molecule has 1 aliphatic rings. The lowest BCUT2D eigenvalue weighted by atomic mass is 10.1. The molecule has 110 valence electrons. The fourth-order valence-corrected chi connectivity index (χ4v) is 3.09. The quantitative estimate of drug-likeness (QED) is 0.831. The van der Waals surface area contributed by atoms with Crippen LogP contribution >= 0.6 is 11.3 Å². The maximum Gasteiger partial charge on any atom is 0.180 e. The number of nitrogens with zero attached hydrogens (tertiary/aromatic N) is 1. The van der Waals surface area contributed by atoms with Crippen molar-refractivity contribution in [3.05, 3.63) is 52.0 Å². The molecule has 0 spiro atoms. The first-order valence-electron chi connectivity index (χ1n) is 6.91. The zero-order valence-corrected chi connectivity index (χ0v) is 12.3. The topological polar surface area (TPSA) is 40.5 Å². The minimum absolute atomic E-state index is 0.0619. The lowest BCUT2D eigenvalue weighted by Crippen LogP contribution is -2.31. The maximum absolute atomic E-state index is 13.2. The molecule has 1 aliphatic carbocycles. The highest BCUT2D eigenvalue weighted by Gasteiger charge is 2.31. The van der Waals surface area contributed by atoms with E-state index in [1.54, 1.807) is 11.3 Å². The average Bonchev–Trinajstić information content (AvgIpc) is 3.19. The van der Waals surface area contributed by atoms with Gasteiger partial charge in [0.1, 0.15) is 11.6 Å². The molecule has 0 unspecified atom stereocenters. The van der Waals surface area contributed by atoms with Crippen LogP contribution in [0.3, 0.4) is 0 Å². The van der Waals surface area contributed by atoms with Crippen LogP contribution in [0.4, 0.5) is 4.39 Å². The molecule has 0 saturated heterocycles. The lowest BCUT2D eigenvalue weighted by Gasteiger charge is -2.20. The normalized spacial score (nSPS) is 14.6. The Balaban J connectivity index is 1.73. The van der Waals surface area contributed by atoms with E-state index in [0.717, 1.165) is 31.5 Å². The van der Waals surface area contributed by atoms with E-state index in [1.165, 1.54) is 10.9 Å². The van der Waals surface area contributed by atoms with Crippen LogP contribution in [-0.2, 0) is 6.54 Å². The molecule has 0 atom stereocenters. The van der Waals surface area contributed by atoms with E-state index in [-0.39, 0.29) is 23.6 Å². The Morgan fingerprint density at radius 2 is 2.19 bits per heavy atom. The van der Waals surface area contributed by atoms with Crippen molar-refractivity contribution in [2.24, 2.45) is 0 Å². The highest BCUT2D eigenvalue weighted by atomic mass is 32.1. The summed E-state index contributed by atoms with van der Waals surface area (Å²) in [5, 5.41) is 11.7. The van der Waals surface area contributed by atoms with Gasteiger partial charge in [0.25, 0.3) is 0 Å². The van der Waals surface area contributed by atoms with Gasteiger partial charge in [0.2, 0.25) is 0 Å². The number of hydrogen-bond acceptors (Lipinski definition) is 4. The molecule has 5 heteroatoms. The fraction of sp³-hybridized carbons (Fsp3) is 0.312. The van der Waals surface area contributed by atoms with E-state index in [0.29, 0.717) is 6.04 Å². The smallest absolute Gasteiger partial charge is 0.180 e. The van der Waals surface area contributed by atoms with Gasteiger partial charge in [-0.25, -0.2) is 4.39 Å². The van der Waals surface area contributed by atoms with Crippen LogP contribution in [0.15, 0.2) is 35.7 Å².